The molecule has 1 aromatic carbocycles. The van der Waals surface area contributed by atoms with Gasteiger partial charge in [-0.15, -0.1) is 0 Å². The number of benzene rings is 1. The van der Waals surface area contributed by atoms with Crippen molar-refractivity contribution in [1.82, 2.24) is 9.97 Å². The Bertz CT molecular complexity index is 626. The molecule has 2 rings (SSSR count). The minimum absolute atomic E-state index is 0.746. The molecule has 0 N–H and O–H groups in total. The monoisotopic (exact) mass is 285 g/mol. The molecule has 104 valence electrons. The van der Waals surface area contributed by atoms with Gasteiger partial charge in [-0.25, -0.2) is 15.0 Å². The summed E-state index contributed by atoms with van der Waals surface area (Å²) in [5, 5.41) is 0. The number of aliphatic imine (C=N–C) groups is 1. The van der Waals surface area contributed by atoms with Crippen molar-refractivity contribution in [1.29, 1.82) is 0 Å². The molecule has 0 aliphatic heterocycles. The number of hydrogen-bond acceptors (Lipinski definition) is 4. The van der Waals surface area contributed by atoms with Gasteiger partial charge in [-0.05, 0) is 45.1 Å². The van der Waals surface area contributed by atoms with E-state index in [1.807, 2.05) is 44.2 Å². The Hall–Kier alpha value is -2.01. The van der Waals surface area contributed by atoms with E-state index in [2.05, 4.69) is 28.1 Å². The van der Waals surface area contributed by atoms with E-state index in [-0.39, 0.29) is 0 Å². The van der Waals surface area contributed by atoms with Gasteiger partial charge in [0, 0.05) is 6.20 Å². The Labute approximate surface area is 121 Å². The van der Waals surface area contributed by atoms with E-state index in [0.29, 0.717) is 0 Å². The van der Waals surface area contributed by atoms with Crippen LogP contribution in [-0.2, 0) is 0 Å². The van der Waals surface area contributed by atoms with Crippen LogP contribution in [0, 0.1) is 6.92 Å². The number of aromatic nitrogens is 2. The highest BCUT2D eigenvalue weighted by Crippen LogP contribution is 2.28. The van der Waals surface area contributed by atoms with Gasteiger partial charge in [0.15, 0.2) is 0 Å². The van der Waals surface area contributed by atoms with Crippen molar-refractivity contribution in [3.05, 3.63) is 48.0 Å². The Balaban J connectivity index is 2.35. The molecule has 1 aromatic heterocycles. The van der Waals surface area contributed by atoms with Gasteiger partial charge < -0.3 is 4.43 Å². The summed E-state index contributed by atoms with van der Waals surface area (Å²) in [4.78, 5) is 13.1. The first kappa shape index (κ1) is 14.4. The summed E-state index contributed by atoms with van der Waals surface area (Å²) < 4.78 is 5.90. The lowest BCUT2D eigenvalue weighted by Gasteiger charge is -2.12. The van der Waals surface area contributed by atoms with Crippen molar-refractivity contribution < 1.29 is 4.43 Å². The van der Waals surface area contributed by atoms with Crippen molar-refractivity contribution >= 4 is 20.4 Å². The number of aryl methyl sites for hydroxylation is 1. The van der Waals surface area contributed by atoms with Crippen LogP contribution in [0.5, 0.6) is 5.75 Å². The molecule has 0 amide bonds. The fourth-order valence-electron chi connectivity index (χ4n) is 1.80. The summed E-state index contributed by atoms with van der Waals surface area (Å²) in [6, 6.07) is 9.72. The van der Waals surface area contributed by atoms with Gasteiger partial charge >= 0.3 is 0 Å². The molecule has 0 fully saturated rings. The summed E-state index contributed by atoms with van der Waals surface area (Å²) >= 11 is 0. The zero-order chi connectivity index (χ0) is 14.5. The molecule has 4 nitrogen and oxygen atoms in total. The molecule has 5 heteroatoms. The van der Waals surface area contributed by atoms with Crippen molar-refractivity contribution in [3.63, 3.8) is 0 Å². The second-order valence-corrected chi connectivity index (χ2v) is 7.15. The first-order valence-corrected chi connectivity index (χ1v) is 9.45. The lowest BCUT2D eigenvalue weighted by atomic mass is 10.2. The van der Waals surface area contributed by atoms with Crippen molar-refractivity contribution in [2.45, 2.75) is 26.9 Å². The smallest absolute Gasteiger partial charge is 0.229 e. The van der Waals surface area contributed by atoms with Gasteiger partial charge in [-0.1, -0.05) is 12.1 Å². The molecule has 0 aliphatic rings. The van der Waals surface area contributed by atoms with E-state index in [1.165, 1.54) is 0 Å². The minimum atomic E-state index is -1.15. The second-order valence-electron chi connectivity index (χ2n) is 4.82. The molecule has 0 unspecified atom stereocenters. The van der Waals surface area contributed by atoms with Crippen LogP contribution in [0.1, 0.15) is 18.4 Å². The zero-order valence-corrected chi connectivity index (χ0v) is 13.4. The van der Waals surface area contributed by atoms with Crippen molar-refractivity contribution in [2.75, 3.05) is 0 Å². The molecule has 0 atom stereocenters. The predicted octanol–water partition coefficient (Wildman–Crippen LogP) is 3.29. The van der Waals surface area contributed by atoms with Gasteiger partial charge in [-0.2, -0.15) is 0 Å². The van der Waals surface area contributed by atoms with Crippen LogP contribution >= 0.6 is 0 Å². The molecular weight excluding hydrogens is 266 g/mol. The van der Waals surface area contributed by atoms with Crippen LogP contribution < -0.4 is 4.43 Å². The number of hydrogen-bond donors (Lipinski definition) is 0. The first-order chi connectivity index (χ1) is 9.56. The van der Waals surface area contributed by atoms with E-state index in [0.717, 1.165) is 28.7 Å². The molecule has 0 aliphatic carbocycles. The van der Waals surface area contributed by atoms with Gasteiger partial charge in [0.1, 0.15) is 17.3 Å². The third-order valence-electron chi connectivity index (χ3n) is 2.66. The van der Waals surface area contributed by atoms with Gasteiger partial charge in [-0.3, -0.25) is 0 Å². The fourth-order valence-corrected chi connectivity index (χ4v) is 2.51. The van der Waals surface area contributed by atoms with Crippen LogP contribution in [0.25, 0.3) is 0 Å². The summed E-state index contributed by atoms with van der Waals surface area (Å²) in [6.45, 7) is 8.10. The normalized spacial score (nSPS) is 11.8. The highest BCUT2D eigenvalue weighted by molar-refractivity contribution is 6.49. The Morgan fingerprint density at radius 2 is 1.95 bits per heavy atom. The molecule has 0 spiro atoms. The third kappa shape index (κ3) is 3.74. The number of rotatable bonds is 4. The van der Waals surface area contributed by atoms with Crippen LogP contribution in [0.15, 0.2) is 41.5 Å². The molecule has 20 heavy (non-hydrogen) atoms. The fraction of sp³-hybridized carbons (Fsp3) is 0.267. The average molecular weight is 285 g/mol. The second kappa shape index (κ2) is 6.43. The minimum Gasteiger partial charge on any atom is -0.546 e. The van der Waals surface area contributed by atoms with E-state index in [9.17, 15) is 0 Å². The molecule has 0 saturated carbocycles. The van der Waals surface area contributed by atoms with Crippen molar-refractivity contribution in [3.8, 4) is 5.75 Å². The van der Waals surface area contributed by atoms with Crippen LogP contribution in [-0.4, -0.2) is 24.7 Å². The van der Waals surface area contributed by atoms with E-state index in [4.69, 9.17) is 4.43 Å². The molecule has 2 aromatic rings. The van der Waals surface area contributed by atoms with Crippen LogP contribution in [0.2, 0.25) is 13.1 Å². The lowest BCUT2D eigenvalue weighted by molar-refractivity contribution is 0.582. The van der Waals surface area contributed by atoms with Crippen LogP contribution in [0.4, 0.5) is 5.69 Å². The predicted molar refractivity (Wildman–Crippen MR) is 84.6 cm³/mol. The number of nitrogens with zero attached hydrogens (tertiary/aromatic N) is 3. The third-order valence-corrected chi connectivity index (χ3v) is 3.39. The van der Waals surface area contributed by atoms with Crippen molar-refractivity contribution in [2.24, 2.45) is 4.99 Å². The SMILES string of the molecule is CC(=Nc1ccccc1O[SiH](C)C)c1ccnc(C)n1. The standard InChI is InChI=1S/C15H19N3OSi/c1-11(13-9-10-16-12(2)18-13)17-14-7-5-6-8-15(14)19-20(3)4/h5-10,20H,1-4H3. The lowest BCUT2D eigenvalue weighted by Crippen LogP contribution is -2.11. The largest absolute Gasteiger partial charge is 0.546 e. The van der Waals surface area contributed by atoms with E-state index < -0.39 is 9.04 Å². The summed E-state index contributed by atoms with van der Waals surface area (Å²) in [5.41, 5.74) is 2.55. The summed E-state index contributed by atoms with van der Waals surface area (Å²) in [5.74, 6) is 1.59. The molecule has 0 bridgehead atoms. The molecule has 0 radical (unpaired) electrons. The highest BCUT2D eigenvalue weighted by Gasteiger charge is 2.06. The topological polar surface area (TPSA) is 47.4 Å². The van der Waals surface area contributed by atoms with Gasteiger partial charge in [0.25, 0.3) is 0 Å². The number of para-hydroxylation sites is 2. The molecular formula is C15H19N3OSi. The Morgan fingerprint density at radius 1 is 1.20 bits per heavy atom. The Morgan fingerprint density at radius 3 is 2.65 bits per heavy atom. The maximum absolute atomic E-state index is 5.90. The van der Waals surface area contributed by atoms with Gasteiger partial charge in [0.05, 0.1) is 11.4 Å². The average Bonchev–Trinajstić information content (AvgIpc) is 2.40. The highest BCUT2D eigenvalue weighted by atomic mass is 28.3. The summed E-state index contributed by atoms with van der Waals surface area (Å²) in [7, 11) is -1.15. The summed E-state index contributed by atoms with van der Waals surface area (Å²) in [6.07, 6.45) is 1.75. The maximum Gasteiger partial charge on any atom is 0.229 e. The van der Waals surface area contributed by atoms with Gasteiger partial charge in [0.2, 0.25) is 9.04 Å². The molecule has 1 heterocycles. The van der Waals surface area contributed by atoms with E-state index in [1.54, 1.807) is 6.20 Å². The maximum atomic E-state index is 5.90. The zero-order valence-electron chi connectivity index (χ0n) is 12.3. The first-order valence-electron chi connectivity index (χ1n) is 6.67. The molecule has 0 saturated heterocycles. The van der Waals surface area contributed by atoms with E-state index >= 15 is 0 Å². The Kier molecular flexibility index (Phi) is 4.63. The van der Waals surface area contributed by atoms with Crippen LogP contribution in [0.3, 0.4) is 0 Å². The quantitative estimate of drug-likeness (QED) is 0.639.